The first-order chi connectivity index (χ1) is 17.7. The minimum atomic E-state index is -1.59. The quantitative estimate of drug-likeness (QED) is 0.271. The number of hydrogen-bond donors (Lipinski definition) is 1. The van der Waals surface area contributed by atoms with Gasteiger partial charge in [-0.1, -0.05) is 0 Å². The largest absolute Gasteiger partial charge is 0.497 e. The van der Waals surface area contributed by atoms with E-state index in [9.17, 15) is 22.7 Å². The van der Waals surface area contributed by atoms with Gasteiger partial charge in [0.2, 0.25) is 5.82 Å². The summed E-state index contributed by atoms with van der Waals surface area (Å²) < 4.78 is 80.9. The highest BCUT2D eigenvalue weighted by Crippen LogP contribution is 2.40. The lowest BCUT2D eigenvalue weighted by molar-refractivity contribution is 0.0263. The van der Waals surface area contributed by atoms with Crippen molar-refractivity contribution in [2.45, 2.75) is 31.9 Å². The highest BCUT2D eigenvalue weighted by atomic mass is 19.2. The Balaban J connectivity index is 1.33. The summed E-state index contributed by atoms with van der Waals surface area (Å²) in [6, 6.07) is 6.14. The zero-order chi connectivity index (χ0) is 26.6. The SMILES string of the molecule is COc1ccc2ncc(F)c([C@@H](F)CCC3(CO)CCN(CCOc4cc(F)cc(F)c4F)CC3)c2c1. The van der Waals surface area contributed by atoms with Crippen LogP contribution in [0, 0.1) is 28.7 Å². The van der Waals surface area contributed by atoms with Crippen LogP contribution in [0.1, 0.15) is 37.4 Å². The van der Waals surface area contributed by atoms with Gasteiger partial charge in [-0.3, -0.25) is 9.88 Å². The Morgan fingerprint density at radius 3 is 2.54 bits per heavy atom. The van der Waals surface area contributed by atoms with Crippen molar-refractivity contribution in [3.05, 3.63) is 65.4 Å². The van der Waals surface area contributed by atoms with E-state index in [2.05, 4.69) is 4.98 Å². The molecule has 2 aromatic carbocycles. The van der Waals surface area contributed by atoms with E-state index < -0.39 is 40.6 Å². The summed E-state index contributed by atoms with van der Waals surface area (Å²) in [5.41, 5.74) is -0.114. The molecular weight excluding hydrogens is 495 g/mol. The van der Waals surface area contributed by atoms with E-state index in [1.165, 1.54) is 7.11 Å². The van der Waals surface area contributed by atoms with Crippen LogP contribution < -0.4 is 9.47 Å². The number of hydrogen-bond acceptors (Lipinski definition) is 5. The van der Waals surface area contributed by atoms with Crippen molar-refractivity contribution in [2.24, 2.45) is 5.41 Å². The molecule has 1 aliphatic heterocycles. The summed E-state index contributed by atoms with van der Waals surface area (Å²) in [4.78, 5) is 6.06. The van der Waals surface area contributed by atoms with Crippen molar-refractivity contribution in [3.63, 3.8) is 0 Å². The van der Waals surface area contributed by atoms with Gasteiger partial charge in [0.1, 0.15) is 30.2 Å². The Morgan fingerprint density at radius 2 is 1.84 bits per heavy atom. The van der Waals surface area contributed by atoms with E-state index in [-0.39, 0.29) is 25.2 Å². The molecule has 0 radical (unpaired) electrons. The fraction of sp³-hybridized carbons (Fsp3) is 0.444. The molecule has 3 aromatic rings. The number of fused-ring (bicyclic) bond motifs is 1. The van der Waals surface area contributed by atoms with E-state index in [0.717, 1.165) is 12.3 Å². The number of methoxy groups -OCH3 is 1. The Hall–Kier alpha value is -2.98. The second kappa shape index (κ2) is 11.6. The summed E-state index contributed by atoms with van der Waals surface area (Å²) in [5, 5.41) is 10.5. The van der Waals surface area contributed by atoms with Gasteiger partial charge in [0, 0.05) is 36.2 Å². The number of ether oxygens (including phenoxy) is 2. The number of benzene rings is 2. The van der Waals surface area contributed by atoms with Crippen LogP contribution in [0.15, 0.2) is 36.5 Å². The van der Waals surface area contributed by atoms with Crippen LogP contribution in [0.2, 0.25) is 0 Å². The first kappa shape index (κ1) is 27.1. The van der Waals surface area contributed by atoms with Crippen LogP contribution in [-0.4, -0.2) is 54.9 Å². The van der Waals surface area contributed by atoms with Gasteiger partial charge in [0.05, 0.1) is 18.8 Å². The maximum absolute atomic E-state index is 15.4. The van der Waals surface area contributed by atoms with Gasteiger partial charge in [-0.25, -0.2) is 17.6 Å². The molecule has 0 unspecified atom stereocenters. The van der Waals surface area contributed by atoms with Crippen molar-refractivity contribution in [3.8, 4) is 11.5 Å². The number of rotatable bonds is 10. The molecule has 37 heavy (non-hydrogen) atoms. The number of halogens is 5. The molecule has 10 heteroatoms. The third-order valence-corrected chi connectivity index (χ3v) is 7.19. The normalized spacial score (nSPS) is 16.6. The van der Waals surface area contributed by atoms with E-state index in [1.54, 1.807) is 18.2 Å². The minimum absolute atomic E-state index is 0.0242. The zero-order valence-electron chi connectivity index (χ0n) is 20.5. The van der Waals surface area contributed by atoms with Crippen molar-refractivity contribution in [2.75, 3.05) is 40.0 Å². The second-order valence-corrected chi connectivity index (χ2v) is 9.46. The average Bonchev–Trinajstić information content (AvgIpc) is 2.90. The molecule has 0 amide bonds. The monoisotopic (exact) mass is 524 g/mol. The molecule has 0 spiro atoms. The number of nitrogens with zero attached hydrogens (tertiary/aromatic N) is 2. The summed E-state index contributed by atoms with van der Waals surface area (Å²) in [7, 11) is 1.48. The summed E-state index contributed by atoms with van der Waals surface area (Å²) in [6.45, 7) is 1.43. The lowest BCUT2D eigenvalue weighted by Crippen LogP contribution is -2.43. The Kier molecular flexibility index (Phi) is 8.49. The Morgan fingerprint density at radius 1 is 1.08 bits per heavy atom. The second-order valence-electron chi connectivity index (χ2n) is 9.46. The number of aliphatic hydroxyl groups is 1. The predicted molar refractivity (Wildman–Crippen MR) is 128 cm³/mol. The molecule has 5 nitrogen and oxygen atoms in total. The van der Waals surface area contributed by atoms with Crippen LogP contribution in [-0.2, 0) is 0 Å². The molecule has 1 saturated heterocycles. The van der Waals surface area contributed by atoms with Crippen LogP contribution in [0.5, 0.6) is 11.5 Å². The third-order valence-electron chi connectivity index (χ3n) is 7.19. The molecule has 0 saturated carbocycles. The van der Waals surface area contributed by atoms with E-state index in [4.69, 9.17) is 9.47 Å². The van der Waals surface area contributed by atoms with Crippen molar-refractivity contribution in [1.29, 1.82) is 0 Å². The van der Waals surface area contributed by atoms with E-state index in [1.807, 2.05) is 4.90 Å². The zero-order valence-corrected chi connectivity index (χ0v) is 20.5. The number of aromatic nitrogens is 1. The Bertz CT molecular complexity index is 1230. The van der Waals surface area contributed by atoms with Crippen molar-refractivity contribution in [1.82, 2.24) is 9.88 Å². The van der Waals surface area contributed by atoms with Gasteiger partial charge in [-0.2, -0.15) is 4.39 Å². The van der Waals surface area contributed by atoms with E-state index >= 15 is 4.39 Å². The van der Waals surface area contributed by atoms with Crippen LogP contribution in [0.25, 0.3) is 10.9 Å². The molecule has 4 rings (SSSR count). The summed E-state index contributed by atoms with van der Waals surface area (Å²) in [5.74, 6) is -4.22. The first-order valence-electron chi connectivity index (χ1n) is 12.1. The number of piperidine rings is 1. The van der Waals surface area contributed by atoms with Gasteiger partial charge in [-0.05, 0) is 62.4 Å². The maximum atomic E-state index is 15.4. The predicted octanol–water partition coefficient (Wildman–Crippen LogP) is 5.74. The lowest BCUT2D eigenvalue weighted by atomic mass is 9.74. The number of likely N-dealkylation sites (tertiary alicyclic amines) is 1. The molecule has 1 fully saturated rings. The topological polar surface area (TPSA) is 54.8 Å². The van der Waals surface area contributed by atoms with Gasteiger partial charge in [0.25, 0.3) is 0 Å². The standard InChI is InChI=1S/C27H29F5N2O3/c1-36-18-2-3-23-19(14-18)25(22(31)15-33-23)20(29)4-5-27(16-35)6-8-34(9-7-27)10-11-37-24-13-17(28)12-21(30)26(24)32/h2-3,12-15,20,35H,4-11,16H2,1H3/t20-/m0/s1. The molecule has 1 N–H and O–H groups in total. The van der Waals surface area contributed by atoms with Gasteiger partial charge in [0.15, 0.2) is 11.6 Å². The average molecular weight is 525 g/mol. The van der Waals surface area contributed by atoms with Crippen LogP contribution in [0.3, 0.4) is 0 Å². The number of aliphatic hydroxyl groups excluding tert-OH is 1. The van der Waals surface area contributed by atoms with Gasteiger partial charge in [-0.15, -0.1) is 0 Å². The van der Waals surface area contributed by atoms with E-state index in [0.29, 0.717) is 61.6 Å². The molecule has 1 aromatic heterocycles. The van der Waals surface area contributed by atoms with Gasteiger partial charge >= 0.3 is 0 Å². The van der Waals surface area contributed by atoms with Gasteiger partial charge < -0.3 is 14.6 Å². The summed E-state index contributed by atoms with van der Waals surface area (Å²) in [6.07, 6.45) is 0.966. The maximum Gasteiger partial charge on any atom is 0.200 e. The van der Waals surface area contributed by atoms with Crippen LogP contribution in [0.4, 0.5) is 22.0 Å². The molecule has 0 aliphatic carbocycles. The molecule has 1 aliphatic rings. The van der Waals surface area contributed by atoms with Crippen molar-refractivity contribution < 1.29 is 36.5 Å². The summed E-state index contributed by atoms with van der Waals surface area (Å²) >= 11 is 0. The van der Waals surface area contributed by atoms with Crippen LogP contribution >= 0.6 is 0 Å². The number of pyridine rings is 1. The third kappa shape index (κ3) is 6.13. The smallest absolute Gasteiger partial charge is 0.200 e. The molecule has 0 bridgehead atoms. The molecule has 200 valence electrons. The van der Waals surface area contributed by atoms with Crippen molar-refractivity contribution >= 4 is 10.9 Å². The molecule has 2 heterocycles. The minimum Gasteiger partial charge on any atom is -0.497 e. The fourth-order valence-corrected chi connectivity index (χ4v) is 4.85. The lowest BCUT2D eigenvalue weighted by Gasteiger charge is -2.41. The Labute approximate surface area is 211 Å². The first-order valence-corrected chi connectivity index (χ1v) is 12.1. The molecule has 1 atom stereocenters. The highest BCUT2D eigenvalue weighted by Gasteiger charge is 2.35. The molecular formula is C27H29F5N2O3. The highest BCUT2D eigenvalue weighted by molar-refractivity contribution is 5.84. The number of alkyl halides is 1. The fourth-order valence-electron chi connectivity index (χ4n) is 4.85.